The monoisotopic (exact) mass is 371 g/mol. The van der Waals surface area contributed by atoms with Gasteiger partial charge in [-0.1, -0.05) is 36.4 Å². The van der Waals surface area contributed by atoms with Crippen LogP contribution in [0.3, 0.4) is 0 Å². The van der Waals surface area contributed by atoms with Crippen LogP contribution in [0.1, 0.15) is 16.9 Å². The molecule has 1 fully saturated rings. The zero-order valence-electron chi connectivity index (χ0n) is 14.6. The Labute approximate surface area is 156 Å². The maximum atomic E-state index is 12.5. The molecular weight excluding hydrogens is 350 g/mol. The van der Waals surface area contributed by atoms with E-state index in [1.165, 1.54) is 4.90 Å². The Hall–Kier alpha value is -2.67. The van der Waals surface area contributed by atoms with Gasteiger partial charge in [-0.3, -0.25) is 14.5 Å². The Balaban J connectivity index is 1.54. The zero-order valence-corrected chi connectivity index (χ0v) is 15.4. The first-order valence-corrected chi connectivity index (χ1v) is 9.34. The number of urea groups is 1. The van der Waals surface area contributed by atoms with E-state index in [0.717, 1.165) is 15.3 Å². The normalized spacial score (nSPS) is 16.7. The summed E-state index contributed by atoms with van der Waals surface area (Å²) in [7, 11) is 1.67. The summed E-state index contributed by atoms with van der Waals surface area (Å²) in [6, 6.07) is 12.6. The van der Waals surface area contributed by atoms with Gasteiger partial charge in [0.1, 0.15) is 12.6 Å². The summed E-state index contributed by atoms with van der Waals surface area (Å²) in [6.07, 6.45) is 1.21. The number of thiophene rings is 1. The summed E-state index contributed by atoms with van der Waals surface area (Å²) in [5.41, 5.74) is 1.11. The van der Waals surface area contributed by atoms with E-state index >= 15 is 0 Å². The van der Waals surface area contributed by atoms with Crippen molar-refractivity contribution in [3.63, 3.8) is 0 Å². The van der Waals surface area contributed by atoms with Gasteiger partial charge in [0.25, 0.3) is 5.91 Å². The van der Waals surface area contributed by atoms with Crippen molar-refractivity contribution < 1.29 is 14.4 Å². The van der Waals surface area contributed by atoms with Crippen LogP contribution >= 0.6 is 11.3 Å². The highest BCUT2D eigenvalue weighted by atomic mass is 32.1. The lowest BCUT2D eigenvalue weighted by Gasteiger charge is -2.19. The molecule has 2 heterocycles. The Morgan fingerprint density at radius 3 is 2.65 bits per heavy atom. The third kappa shape index (κ3) is 4.29. The summed E-state index contributed by atoms with van der Waals surface area (Å²) in [5, 5.41) is 4.63. The molecule has 7 heteroatoms. The van der Waals surface area contributed by atoms with E-state index < -0.39 is 12.1 Å². The number of hydrogen-bond donors (Lipinski definition) is 1. The molecule has 3 rings (SSSR count). The topological polar surface area (TPSA) is 69.7 Å². The number of benzene rings is 1. The number of carbonyl (C=O) groups is 3. The molecule has 26 heavy (non-hydrogen) atoms. The molecule has 136 valence electrons. The fourth-order valence-electron chi connectivity index (χ4n) is 2.86. The molecule has 6 nitrogen and oxygen atoms in total. The molecule has 1 atom stereocenters. The van der Waals surface area contributed by atoms with Crippen LogP contribution in [-0.4, -0.2) is 47.3 Å². The van der Waals surface area contributed by atoms with Crippen molar-refractivity contribution in [3.05, 3.63) is 58.3 Å². The van der Waals surface area contributed by atoms with E-state index in [4.69, 9.17) is 0 Å². The molecule has 1 aromatic heterocycles. The smallest absolute Gasteiger partial charge is 0.325 e. The SMILES string of the molecule is CN(Cc1cccs1)C(=O)CN1C(=O)NC(CCc2ccccc2)C1=O. The molecule has 2 aromatic rings. The summed E-state index contributed by atoms with van der Waals surface area (Å²) in [4.78, 5) is 40.6. The Bertz CT molecular complexity index is 777. The summed E-state index contributed by atoms with van der Waals surface area (Å²) >= 11 is 1.56. The van der Waals surface area contributed by atoms with Crippen LogP contribution in [0.5, 0.6) is 0 Å². The number of nitrogens with zero attached hydrogens (tertiary/aromatic N) is 2. The van der Waals surface area contributed by atoms with Gasteiger partial charge in [-0.25, -0.2) is 4.79 Å². The zero-order chi connectivity index (χ0) is 18.5. The second kappa shape index (κ2) is 8.14. The molecular formula is C19H21N3O3S. The van der Waals surface area contributed by atoms with Gasteiger partial charge in [0, 0.05) is 11.9 Å². The standard InChI is InChI=1S/C19H21N3O3S/c1-21(12-15-8-5-11-26-15)17(23)13-22-18(24)16(20-19(22)25)10-9-14-6-3-2-4-7-14/h2-8,11,16H,9-10,12-13H2,1H3,(H,20,25). The first-order chi connectivity index (χ1) is 12.5. The molecule has 1 saturated heterocycles. The highest BCUT2D eigenvalue weighted by Gasteiger charge is 2.38. The third-order valence-electron chi connectivity index (χ3n) is 4.36. The van der Waals surface area contributed by atoms with Gasteiger partial charge in [0.15, 0.2) is 0 Å². The van der Waals surface area contributed by atoms with Crippen LogP contribution < -0.4 is 5.32 Å². The third-order valence-corrected chi connectivity index (χ3v) is 5.22. The maximum absolute atomic E-state index is 12.5. The molecule has 0 radical (unpaired) electrons. The lowest BCUT2D eigenvalue weighted by atomic mass is 10.1. The Kier molecular flexibility index (Phi) is 5.68. The molecule has 1 aliphatic heterocycles. The highest BCUT2D eigenvalue weighted by molar-refractivity contribution is 7.09. The highest BCUT2D eigenvalue weighted by Crippen LogP contribution is 2.15. The van der Waals surface area contributed by atoms with E-state index in [2.05, 4.69) is 5.32 Å². The van der Waals surface area contributed by atoms with Gasteiger partial charge in [-0.15, -0.1) is 11.3 Å². The predicted octanol–water partition coefficient (Wildman–Crippen LogP) is 2.26. The minimum absolute atomic E-state index is 0.228. The summed E-state index contributed by atoms with van der Waals surface area (Å²) < 4.78 is 0. The van der Waals surface area contributed by atoms with E-state index in [-0.39, 0.29) is 18.4 Å². The van der Waals surface area contributed by atoms with Crippen LogP contribution in [0.2, 0.25) is 0 Å². The average molecular weight is 371 g/mol. The maximum Gasteiger partial charge on any atom is 0.325 e. The molecule has 4 amide bonds. The molecule has 0 aliphatic carbocycles. The van der Waals surface area contributed by atoms with E-state index in [1.54, 1.807) is 18.4 Å². The number of aryl methyl sites for hydroxylation is 1. The van der Waals surface area contributed by atoms with Crippen LogP contribution in [0.4, 0.5) is 4.79 Å². The van der Waals surface area contributed by atoms with Crippen molar-refractivity contribution in [2.45, 2.75) is 25.4 Å². The summed E-state index contributed by atoms with van der Waals surface area (Å²) in [6.45, 7) is 0.242. The van der Waals surface area contributed by atoms with Crippen LogP contribution in [0.15, 0.2) is 47.8 Å². The largest absolute Gasteiger partial charge is 0.339 e. The quantitative estimate of drug-likeness (QED) is 0.759. The Morgan fingerprint density at radius 2 is 1.96 bits per heavy atom. The molecule has 0 spiro atoms. The fourth-order valence-corrected chi connectivity index (χ4v) is 3.62. The Morgan fingerprint density at radius 1 is 1.19 bits per heavy atom. The van der Waals surface area contributed by atoms with Crippen LogP contribution in [0.25, 0.3) is 0 Å². The first kappa shape index (κ1) is 18.1. The number of rotatable bonds is 7. The number of carbonyl (C=O) groups excluding carboxylic acids is 3. The lowest BCUT2D eigenvalue weighted by molar-refractivity contribution is -0.136. The van der Waals surface area contributed by atoms with Gasteiger partial charge in [0.05, 0.1) is 6.54 Å². The molecule has 1 unspecified atom stereocenters. The number of likely N-dealkylation sites (N-methyl/N-ethyl adjacent to an activating group) is 1. The van der Waals surface area contributed by atoms with Gasteiger partial charge in [-0.05, 0) is 29.9 Å². The molecule has 1 N–H and O–H groups in total. The second-order valence-corrected chi connectivity index (χ2v) is 7.31. The fraction of sp³-hybridized carbons (Fsp3) is 0.316. The number of amides is 4. The van der Waals surface area contributed by atoms with E-state index in [1.807, 2.05) is 47.8 Å². The van der Waals surface area contributed by atoms with Crippen molar-refractivity contribution >= 4 is 29.2 Å². The minimum atomic E-state index is -0.571. The van der Waals surface area contributed by atoms with Crippen molar-refractivity contribution in [3.8, 4) is 0 Å². The second-order valence-electron chi connectivity index (χ2n) is 6.28. The van der Waals surface area contributed by atoms with E-state index in [9.17, 15) is 14.4 Å². The van der Waals surface area contributed by atoms with Gasteiger partial charge in [-0.2, -0.15) is 0 Å². The summed E-state index contributed by atoms with van der Waals surface area (Å²) in [5.74, 6) is -0.589. The van der Waals surface area contributed by atoms with Crippen LogP contribution in [0, 0.1) is 0 Å². The molecule has 0 bridgehead atoms. The molecule has 0 saturated carbocycles. The predicted molar refractivity (Wildman–Crippen MR) is 99.6 cm³/mol. The van der Waals surface area contributed by atoms with Crippen molar-refractivity contribution in [2.24, 2.45) is 0 Å². The first-order valence-electron chi connectivity index (χ1n) is 8.46. The number of imide groups is 1. The lowest BCUT2D eigenvalue weighted by Crippen LogP contribution is -2.41. The van der Waals surface area contributed by atoms with Gasteiger partial charge in [0.2, 0.25) is 5.91 Å². The number of nitrogens with one attached hydrogen (secondary N) is 1. The van der Waals surface area contributed by atoms with Crippen LogP contribution in [-0.2, 0) is 22.6 Å². The van der Waals surface area contributed by atoms with Gasteiger partial charge >= 0.3 is 6.03 Å². The number of hydrogen-bond acceptors (Lipinski definition) is 4. The molecule has 1 aromatic carbocycles. The van der Waals surface area contributed by atoms with Crippen molar-refractivity contribution in [2.75, 3.05) is 13.6 Å². The van der Waals surface area contributed by atoms with Crippen molar-refractivity contribution in [1.29, 1.82) is 0 Å². The molecule has 1 aliphatic rings. The van der Waals surface area contributed by atoms with Crippen molar-refractivity contribution in [1.82, 2.24) is 15.1 Å². The van der Waals surface area contributed by atoms with E-state index in [0.29, 0.717) is 19.4 Å². The van der Waals surface area contributed by atoms with Gasteiger partial charge < -0.3 is 10.2 Å². The average Bonchev–Trinajstić information content (AvgIpc) is 3.24. The minimum Gasteiger partial charge on any atom is -0.339 e.